The van der Waals surface area contributed by atoms with Crippen molar-refractivity contribution in [3.05, 3.63) is 39.4 Å². The van der Waals surface area contributed by atoms with Gasteiger partial charge < -0.3 is 9.47 Å². The summed E-state index contributed by atoms with van der Waals surface area (Å²) >= 11 is 0. The van der Waals surface area contributed by atoms with E-state index in [2.05, 4.69) is 0 Å². The normalized spacial score (nSPS) is 10.3. The van der Waals surface area contributed by atoms with Crippen LogP contribution in [0, 0.1) is 21.7 Å². The van der Waals surface area contributed by atoms with Crippen LogP contribution in [0.15, 0.2) is 12.1 Å². The Morgan fingerprint density at radius 1 is 1.32 bits per heavy atom. The first-order valence-corrected chi connectivity index (χ1v) is 5.27. The third-order valence-electron chi connectivity index (χ3n) is 2.18. The van der Waals surface area contributed by atoms with Crippen LogP contribution in [-0.4, -0.2) is 31.2 Å². The fourth-order valence-corrected chi connectivity index (χ4v) is 1.30. The van der Waals surface area contributed by atoms with Crippen LogP contribution in [-0.2, 0) is 9.47 Å². The zero-order valence-electron chi connectivity index (χ0n) is 10.0. The number of halogens is 2. The molecule has 0 amide bonds. The molecule has 104 valence electrons. The number of esters is 1. The van der Waals surface area contributed by atoms with Crippen molar-refractivity contribution in [1.29, 1.82) is 0 Å². The molecule has 0 fully saturated rings. The Balaban J connectivity index is 2.89. The summed E-state index contributed by atoms with van der Waals surface area (Å²) in [5.41, 5.74) is -1.46. The number of carbonyl (C=O) groups is 1. The van der Waals surface area contributed by atoms with Gasteiger partial charge in [-0.15, -0.1) is 0 Å². The summed E-state index contributed by atoms with van der Waals surface area (Å²) in [5, 5.41) is 10.7. The predicted molar refractivity (Wildman–Crippen MR) is 59.8 cm³/mol. The first kappa shape index (κ1) is 15.0. The molecule has 0 atom stereocenters. The molecular formula is C11H11F2NO5. The lowest BCUT2D eigenvalue weighted by Crippen LogP contribution is -2.11. The Hall–Kier alpha value is -2.09. The number of ether oxygens (including phenoxy) is 2. The van der Waals surface area contributed by atoms with Gasteiger partial charge in [-0.05, 0) is 6.07 Å². The highest BCUT2D eigenvalue weighted by atomic mass is 19.2. The molecule has 6 nitrogen and oxygen atoms in total. The highest BCUT2D eigenvalue weighted by Crippen LogP contribution is 2.23. The van der Waals surface area contributed by atoms with E-state index >= 15 is 0 Å². The Labute approximate surface area is 107 Å². The molecular weight excluding hydrogens is 264 g/mol. The van der Waals surface area contributed by atoms with Crippen LogP contribution in [0.5, 0.6) is 0 Å². The summed E-state index contributed by atoms with van der Waals surface area (Å²) in [6.07, 6.45) is 0.389. The van der Waals surface area contributed by atoms with E-state index in [4.69, 9.17) is 9.47 Å². The number of nitro benzene ring substituents is 1. The molecule has 0 saturated heterocycles. The molecule has 0 bridgehead atoms. The van der Waals surface area contributed by atoms with Gasteiger partial charge in [0.2, 0.25) is 0 Å². The molecule has 19 heavy (non-hydrogen) atoms. The third kappa shape index (κ3) is 3.95. The number of methoxy groups -OCH3 is 1. The summed E-state index contributed by atoms with van der Waals surface area (Å²) < 4.78 is 35.3. The van der Waals surface area contributed by atoms with Gasteiger partial charge in [-0.2, -0.15) is 0 Å². The number of hydrogen-bond donors (Lipinski definition) is 0. The van der Waals surface area contributed by atoms with Crippen molar-refractivity contribution in [2.24, 2.45) is 0 Å². The average molecular weight is 275 g/mol. The molecule has 0 saturated carbocycles. The molecule has 0 spiro atoms. The van der Waals surface area contributed by atoms with Gasteiger partial charge in [0, 0.05) is 20.1 Å². The van der Waals surface area contributed by atoms with E-state index < -0.39 is 33.8 Å². The van der Waals surface area contributed by atoms with E-state index in [9.17, 15) is 23.7 Å². The Kier molecular flexibility index (Phi) is 5.31. The highest BCUT2D eigenvalue weighted by molar-refractivity contribution is 5.93. The fourth-order valence-electron chi connectivity index (χ4n) is 1.30. The monoisotopic (exact) mass is 275 g/mol. The predicted octanol–water partition coefficient (Wildman–Crippen LogP) is 2.07. The summed E-state index contributed by atoms with van der Waals surface area (Å²) in [5.74, 6) is -3.83. The van der Waals surface area contributed by atoms with E-state index in [0.717, 1.165) is 0 Å². The lowest BCUT2D eigenvalue weighted by Gasteiger charge is -2.05. The average Bonchev–Trinajstić information content (AvgIpc) is 2.36. The van der Waals surface area contributed by atoms with Crippen LogP contribution in [0.3, 0.4) is 0 Å². The summed E-state index contributed by atoms with van der Waals surface area (Å²) in [6, 6.07) is 0.799. The number of hydrogen-bond acceptors (Lipinski definition) is 5. The molecule has 0 unspecified atom stereocenters. The lowest BCUT2D eigenvalue weighted by atomic mass is 10.1. The van der Waals surface area contributed by atoms with Crippen LogP contribution < -0.4 is 0 Å². The van der Waals surface area contributed by atoms with E-state index in [-0.39, 0.29) is 6.61 Å². The smallest absolute Gasteiger partial charge is 0.345 e. The van der Waals surface area contributed by atoms with Gasteiger partial charge in [-0.3, -0.25) is 10.1 Å². The largest absolute Gasteiger partial charge is 0.462 e. The van der Waals surface area contributed by atoms with Crippen molar-refractivity contribution in [2.75, 3.05) is 20.3 Å². The maximum absolute atomic E-state index is 13.0. The second-order valence-corrected chi connectivity index (χ2v) is 3.52. The molecule has 0 aromatic heterocycles. The second-order valence-electron chi connectivity index (χ2n) is 3.52. The molecule has 0 N–H and O–H groups in total. The van der Waals surface area contributed by atoms with Crippen molar-refractivity contribution in [3.8, 4) is 0 Å². The van der Waals surface area contributed by atoms with Crippen LogP contribution in [0.2, 0.25) is 0 Å². The van der Waals surface area contributed by atoms with Crippen molar-refractivity contribution in [1.82, 2.24) is 0 Å². The molecule has 8 heteroatoms. The van der Waals surface area contributed by atoms with E-state index in [1.807, 2.05) is 0 Å². The van der Waals surface area contributed by atoms with Crippen LogP contribution in [0.25, 0.3) is 0 Å². The summed E-state index contributed by atoms with van der Waals surface area (Å²) in [4.78, 5) is 21.2. The quantitative estimate of drug-likeness (QED) is 0.343. The maximum Gasteiger partial charge on any atom is 0.345 e. The van der Waals surface area contributed by atoms with E-state index in [1.54, 1.807) is 0 Å². The third-order valence-corrected chi connectivity index (χ3v) is 2.18. The van der Waals surface area contributed by atoms with Gasteiger partial charge in [0.25, 0.3) is 5.69 Å². The highest BCUT2D eigenvalue weighted by Gasteiger charge is 2.24. The molecule has 1 aromatic rings. The fraction of sp³-hybridized carbons (Fsp3) is 0.364. The SMILES string of the molecule is COCCCOC(=O)c1cc(F)c(F)cc1[N+](=O)[O-]. The molecule has 0 aliphatic carbocycles. The van der Waals surface area contributed by atoms with Gasteiger partial charge in [0.1, 0.15) is 5.56 Å². The maximum atomic E-state index is 13.0. The number of carbonyl (C=O) groups excluding carboxylic acids is 1. The second kappa shape index (κ2) is 6.74. The standard InChI is InChI=1S/C11H11F2NO5/c1-18-3-2-4-19-11(15)7-5-8(12)9(13)6-10(7)14(16)17/h5-6H,2-4H2,1H3. The Morgan fingerprint density at radius 3 is 2.53 bits per heavy atom. The van der Waals surface area contributed by atoms with Gasteiger partial charge in [0.05, 0.1) is 17.6 Å². The first-order valence-electron chi connectivity index (χ1n) is 5.27. The Bertz CT molecular complexity index is 492. The van der Waals surface area contributed by atoms with Crippen LogP contribution >= 0.6 is 0 Å². The molecule has 1 rings (SSSR count). The lowest BCUT2D eigenvalue weighted by molar-refractivity contribution is -0.385. The zero-order chi connectivity index (χ0) is 14.4. The van der Waals surface area contributed by atoms with Gasteiger partial charge in [-0.1, -0.05) is 0 Å². The topological polar surface area (TPSA) is 78.7 Å². The van der Waals surface area contributed by atoms with Crippen molar-refractivity contribution < 1.29 is 28.0 Å². The van der Waals surface area contributed by atoms with Crippen molar-refractivity contribution in [2.45, 2.75) is 6.42 Å². The number of rotatable bonds is 6. The van der Waals surface area contributed by atoms with Gasteiger partial charge in [-0.25, -0.2) is 13.6 Å². The molecule has 0 aliphatic heterocycles. The van der Waals surface area contributed by atoms with E-state index in [1.165, 1.54) is 7.11 Å². The van der Waals surface area contributed by atoms with Gasteiger partial charge in [0.15, 0.2) is 11.6 Å². The minimum Gasteiger partial charge on any atom is -0.462 e. The minimum atomic E-state index is -1.40. The zero-order valence-corrected chi connectivity index (χ0v) is 10.0. The summed E-state index contributed by atoms with van der Waals surface area (Å²) in [6.45, 7) is 0.302. The number of nitrogens with zero attached hydrogens (tertiary/aromatic N) is 1. The molecule has 0 heterocycles. The summed E-state index contributed by atoms with van der Waals surface area (Å²) in [7, 11) is 1.46. The number of benzene rings is 1. The molecule has 0 radical (unpaired) electrons. The van der Waals surface area contributed by atoms with Crippen LogP contribution in [0.4, 0.5) is 14.5 Å². The minimum absolute atomic E-state index is 0.0389. The van der Waals surface area contributed by atoms with Crippen LogP contribution in [0.1, 0.15) is 16.8 Å². The first-order chi connectivity index (χ1) is 8.97. The van der Waals surface area contributed by atoms with E-state index in [0.29, 0.717) is 25.2 Å². The molecule has 1 aromatic carbocycles. The van der Waals surface area contributed by atoms with Gasteiger partial charge >= 0.3 is 5.97 Å². The number of nitro groups is 1. The van der Waals surface area contributed by atoms with Crippen molar-refractivity contribution in [3.63, 3.8) is 0 Å². The van der Waals surface area contributed by atoms with Crippen molar-refractivity contribution >= 4 is 11.7 Å². The Morgan fingerprint density at radius 2 is 1.95 bits per heavy atom. The molecule has 0 aliphatic rings.